The molecule has 1 aromatic rings. The zero-order valence-corrected chi connectivity index (χ0v) is 18.2. The van der Waals surface area contributed by atoms with Crippen molar-refractivity contribution in [3.05, 3.63) is 35.6 Å². The average molecular weight is 440 g/mol. The van der Waals surface area contributed by atoms with Crippen LogP contribution in [0.2, 0.25) is 0 Å². The summed E-state index contributed by atoms with van der Waals surface area (Å²) in [6, 6.07) is 6.07. The van der Waals surface area contributed by atoms with Gasteiger partial charge >= 0.3 is 6.03 Å². The predicted molar refractivity (Wildman–Crippen MR) is 111 cm³/mol. The predicted octanol–water partition coefficient (Wildman–Crippen LogP) is 2.47. The highest BCUT2D eigenvalue weighted by atomic mass is 32.2. The fraction of sp³-hybridized carbons (Fsp3) is 0.667. The number of sulfonamides is 1. The molecule has 1 atom stereocenters. The number of piperidine rings is 1. The van der Waals surface area contributed by atoms with Crippen molar-refractivity contribution in [1.82, 2.24) is 14.5 Å². The van der Waals surface area contributed by atoms with Gasteiger partial charge in [0.15, 0.2) is 0 Å². The Hall–Kier alpha value is -1.71. The van der Waals surface area contributed by atoms with E-state index in [1.165, 1.54) is 18.4 Å². The van der Waals surface area contributed by atoms with Crippen molar-refractivity contribution >= 4 is 16.1 Å². The fourth-order valence-electron chi connectivity index (χ4n) is 4.75. The molecule has 1 aromatic carbocycles. The van der Waals surface area contributed by atoms with Gasteiger partial charge in [-0.1, -0.05) is 12.1 Å². The van der Waals surface area contributed by atoms with Gasteiger partial charge in [0, 0.05) is 38.3 Å². The third-order valence-electron chi connectivity index (χ3n) is 6.44. The van der Waals surface area contributed by atoms with Crippen molar-refractivity contribution in [2.75, 3.05) is 26.0 Å². The molecule has 2 amide bonds. The standard InChI is InChI=1S/C21H30FN3O4S/c1-30(27,28)25(18-6-7-18)19-8-13-29-21(14-19)9-11-24(12-10-21)20(26)23-15-16-2-4-17(22)5-3-16/h2-5,18-19H,6-15H2,1H3,(H,23,26). The maximum absolute atomic E-state index is 13.0. The van der Waals surface area contributed by atoms with E-state index in [1.807, 2.05) is 0 Å². The Labute approximate surface area is 177 Å². The second-order valence-corrected chi connectivity index (χ2v) is 10.7. The normalized spacial score (nSPS) is 24.2. The number of likely N-dealkylation sites (tertiary alicyclic amines) is 1. The molecule has 7 nitrogen and oxygen atoms in total. The maximum Gasteiger partial charge on any atom is 0.317 e. The number of ether oxygens (including phenoxy) is 1. The van der Waals surface area contributed by atoms with Crippen LogP contribution >= 0.6 is 0 Å². The molecule has 30 heavy (non-hydrogen) atoms. The first-order valence-electron chi connectivity index (χ1n) is 10.7. The molecule has 1 N–H and O–H groups in total. The summed E-state index contributed by atoms with van der Waals surface area (Å²) < 4.78 is 45.5. The molecule has 1 aliphatic carbocycles. The first-order valence-corrected chi connectivity index (χ1v) is 12.5. The van der Waals surface area contributed by atoms with Gasteiger partial charge in [0.25, 0.3) is 0 Å². The second-order valence-electron chi connectivity index (χ2n) is 8.77. The Morgan fingerprint density at radius 3 is 2.47 bits per heavy atom. The summed E-state index contributed by atoms with van der Waals surface area (Å²) in [5, 5.41) is 2.89. The fourth-order valence-corrected chi connectivity index (χ4v) is 6.22. The summed E-state index contributed by atoms with van der Waals surface area (Å²) in [7, 11) is -3.24. The number of halogens is 1. The first-order chi connectivity index (χ1) is 14.3. The smallest absolute Gasteiger partial charge is 0.317 e. The zero-order chi connectivity index (χ0) is 21.4. The van der Waals surface area contributed by atoms with Crippen LogP contribution in [0.1, 0.15) is 44.1 Å². The van der Waals surface area contributed by atoms with Gasteiger partial charge < -0.3 is 15.0 Å². The molecule has 1 saturated carbocycles. The Bertz CT molecular complexity index is 865. The highest BCUT2D eigenvalue weighted by molar-refractivity contribution is 7.88. The summed E-state index contributed by atoms with van der Waals surface area (Å²) in [6.45, 7) is 2.05. The van der Waals surface area contributed by atoms with E-state index in [2.05, 4.69) is 5.32 Å². The van der Waals surface area contributed by atoms with E-state index in [4.69, 9.17) is 4.74 Å². The lowest BCUT2D eigenvalue weighted by molar-refractivity contribution is -0.122. The van der Waals surface area contributed by atoms with Crippen LogP contribution in [0.15, 0.2) is 24.3 Å². The molecular weight excluding hydrogens is 409 g/mol. The van der Waals surface area contributed by atoms with Gasteiger partial charge in [-0.3, -0.25) is 0 Å². The molecule has 2 heterocycles. The number of nitrogens with one attached hydrogen (secondary N) is 1. The largest absolute Gasteiger partial charge is 0.375 e. The number of hydrogen-bond donors (Lipinski definition) is 1. The Morgan fingerprint density at radius 1 is 1.20 bits per heavy atom. The summed E-state index contributed by atoms with van der Waals surface area (Å²) in [4.78, 5) is 14.3. The molecular formula is C21H30FN3O4S. The number of nitrogens with zero attached hydrogens (tertiary/aromatic N) is 2. The van der Waals surface area contributed by atoms with Gasteiger partial charge in [0.1, 0.15) is 5.82 Å². The molecule has 0 radical (unpaired) electrons. The van der Waals surface area contributed by atoms with E-state index in [-0.39, 0.29) is 29.5 Å². The van der Waals surface area contributed by atoms with Crippen molar-refractivity contribution < 1.29 is 22.3 Å². The Kier molecular flexibility index (Phi) is 6.05. The number of benzene rings is 1. The molecule has 0 aromatic heterocycles. The quantitative estimate of drug-likeness (QED) is 0.765. The van der Waals surface area contributed by atoms with Crippen molar-refractivity contribution in [1.29, 1.82) is 0 Å². The highest BCUT2D eigenvalue weighted by Gasteiger charge is 2.47. The molecule has 2 saturated heterocycles. The van der Waals surface area contributed by atoms with Crippen LogP contribution in [0.4, 0.5) is 9.18 Å². The highest BCUT2D eigenvalue weighted by Crippen LogP contribution is 2.41. The van der Waals surface area contributed by atoms with E-state index in [0.717, 1.165) is 24.8 Å². The number of urea groups is 1. The molecule has 3 aliphatic rings. The van der Waals surface area contributed by atoms with Crippen LogP contribution in [-0.2, 0) is 21.3 Å². The minimum Gasteiger partial charge on any atom is -0.375 e. The molecule has 1 spiro atoms. The lowest BCUT2D eigenvalue weighted by Gasteiger charge is -2.48. The Balaban J connectivity index is 1.31. The van der Waals surface area contributed by atoms with E-state index >= 15 is 0 Å². The SMILES string of the molecule is CS(=O)(=O)N(C1CC1)C1CCOC2(CCN(C(=O)NCc3ccc(F)cc3)CC2)C1. The van der Waals surface area contributed by atoms with Crippen molar-refractivity contribution in [3.63, 3.8) is 0 Å². The van der Waals surface area contributed by atoms with Gasteiger partial charge in [-0.25, -0.2) is 17.6 Å². The van der Waals surface area contributed by atoms with Gasteiger partial charge in [0.2, 0.25) is 10.0 Å². The number of carbonyl (C=O) groups excluding carboxylic acids is 1. The van der Waals surface area contributed by atoms with Crippen molar-refractivity contribution in [3.8, 4) is 0 Å². The van der Waals surface area contributed by atoms with Crippen LogP contribution in [0.25, 0.3) is 0 Å². The van der Waals surface area contributed by atoms with Crippen LogP contribution in [0.5, 0.6) is 0 Å². The second kappa shape index (κ2) is 8.43. The zero-order valence-electron chi connectivity index (χ0n) is 17.3. The number of carbonyl (C=O) groups is 1. The monoisotopic (exact) mass is 439 g/mol. The molecule has 9 heteroatoms. The van der Waals surface area contributed by atoms with E-state index in [1.54, 1.807) is 21.3 Å². The summed E-state index contributed by atoms with van der Waals surface area (Å²) in [5.74, 6) is -0.298. The van der Waals surface area contributed by atoms with Gasteiger partial charge in [-0.15, -0.1) is 0 Å². The molecule has 0 bridgehead atoms. The van der Waals surface area contributed by atoms with Gasteiger partial charge in [-0.2, -0.15) is 4.31 Å². The average Bonchev–Trinajstić information content (AvgIpc) is 3.52. The molecule has 2 aliphatic heterocycles. The van der Waals surface area contributed by atoms with E-state index in [9.17, 15) is 17.6 Å². The van der Waals surface area contributed by atoms with Gasteiger partial charge in [0.05, 0.1) is 11.9 Å². The lowest BCUT2D eigenvalue weighted by Crippen LogP contribution is -2.56. The number of amides is 2. The molecule has 4 rings (SSSR count). The maximum atomic E-state index is 13.0. The van der Waals surface area contributed by atoms with Crippen LogP contribution in [-0.4, -0.2) is 67.3 Å². The lowest BCUT2D eigenvalue weighted by atomic mass is 9.82. The van der Waals surface area contributed by atoms with Gasteiger partial charge in [-0.05, 0) is 56.2 Å². The minimum absolute atomic E-state index is 0.0138. The molecule has 3 fully saturated rings. The van der Waals surface area contributed by atoms with Crippen molar-refractivity contribution in [2.45, 2.75) is 62.8 Å². The summed E-state index contributed by atoms with van der Waals surface area (Å²) in [6.07, 6.45) is 6.03. The first kappa shape index (κ1) is 21.5. The van der Waals surface area contributed by atoms with Crippen LogP contribution in [0.3, 0.4) is 0 Å². The van der Waals surface area contributed by atoms with E-state index in [0.29, 0.717) is 45.5 Å². The topological polar surface area (TPSA) is 79.0 Å². The number of rotatable bonds is 5. The minimum atomic E-state index is -3.24. The summed E-state index contributed by atoms with van der Waals surface area (Å²) in [5.41, 5.74) is 0.492. The molecule has 1 unspecified atom stereocenters. The van der Waals surface area contributed by atoms with Crippen LogP contribution in [0, 0.1) is 5.82 Å². The van der Waals surface area contributed by atoms with Crippen LogP contribution < -0.4 is 5.32 Å². The Morgan fingerprint density at radius 2 is 1.87 bits per heavy atom. The summed E-state index contributed by atoms with van der Waals surface area (Å²) >= 11 is 0. The third-order valence-corrected chi connectivity index (χ3v) is 7.80. The van der Waals surface area contributed by atoms with E-state index < -0.39 is 10.0 Å². The third kappa shape index (κ3) is 4.95. The molecule has 166 valence electrons. The number of hydrogen-bond acceptors (Lipinski definition) is 4. The van der Waals surface area contributed by atoms with Crippen molar-refractivity contribution in [2.24, 2.45) is 0 Å².